The molecule has 2 amide bonds. The molecule has 0 aliphatic carbocycles. The van der Waals surface area contributed by atoms with Gasteiger partial charge in [-0.25, -0.2) is 0 Å². The zero-order valence-corrected chi connectivity index (χ0v) is 15.2. The van der Waals surface area contributed by atoms with E-state index in [4.69, 9.17) is 20.6 Å². The lowest BCUT2D eigenvalue weighted by atomic mass is 10.1. The third-order valence-electron chi connectivity index (χ3n) is 4.33. The van der Waals surface area contributed by atoms with Crippen molar-refractivity contribution < 1.29 is 19.1 Å². The van der Waals surface area contributed by atoms with Crippen molar-refractivity contribution in [3.05, 3.63) is 71.3 Å². The fraction of sp³-hybridized carbons (Fsp3) is 0.250. The van der Waals surface area contributed by atoms with E-state index in [2.05, 4.69) is 10.6 Å². The second-order valence-corrected chi connectivity index (χ2v) is 6.32. The first kappa shape index (κ1) is 19.5. The number of benzene rings is 2. The zero-order valence-electron chi connectivity index (χ0n) is 15.2. The zero-order chi connectivity index (χ0) is 19.9. The Labute approximate surface area is 162 Å². The van der Waals surface area contributed by atoms with E-state index in [-0.39, 0.29) is 19.2 Å². The van der Waals surface area contributed by atoms with E-state index in [0.29, 0.717) is 12.1 Å². The van der Waals surface area contributed by atoms with Gasteiger partial charge in [0.25, 0.3) is 11.8 Å². The van der Waals surface area contributed by atoms with Crippen LogP contribution in [0.1, 0.15) is 16.7 Å². The van der Waals surface area contributed by atoms with Crippen molar-refractivity contribution in [2.75, 3.05) is 6.79 Å². The molecule has 2 aromatic carbocycles. The minimum atomic E-state index is -1.01. The lowest BCUT2D eigenvalue weighted by Gasteiger charge is -2.16. The van der Waals surface area contributed by atoms with Crippen molar-refractivity contribution in [2.24, 2.45) is 5.73 Å². The topological polar surface area (TPSA) is 127 Å². The fourth-order valence-corrected chi connectivity index (χ4v) is 2.76. The van der Waals surface area contributed by atoms with Crippen LogP contribution in [-0.4, -0.2) is 36.7 Å². The molecule has 2 aromatic rings. The van der Waals surface area contributed by atoms with Crippen LogP contribution >= 0.6 is 0 Å². The molecule has 2 unspecified atom stereocenters. The van der Waals surface area contributed by atoms with Gasteiger partial charge in [-0.15, -0.1) is 0 Å². The molecule has 0 bridgehead atoms. The number of hydrogen-bond donors (Lipinski definition) is 4. The second-order valence-electron chi connectivity index (χ2n) is 6.32. The first-order valence-corrected chi connectivity index (χ1v) is 8.80. The molecule has 8 heteroatoms. The van der Waals surface area contributed by atoms with Crippen LogP contribution < -0.4 is 16.4 Å². The molecular formula is C20H22N4O4. The Morgan fingerprint density at radius 1 is 0.893 bits per heavy atom. The lowest BCUT2D eigenvalue weighted by Crippen LogP contribution is -2.47. The van der Waals surface area contributed by atoms with Crippen LogP contribution in [0.3, 0.4) is 0 Å². The molecule has 1 aliphatic rings. The monoisotopic (exact) mass is 382 g/mol. The lowest BCUT2D eigenvalue weighted by molar-refractivity contribution is -0.137. The highest BCUT2D eigenvalue weighted by Gasteiger charge is 2.40. The van der Waals surface area contributed by atoms with Crippen LogP contribution in [0, 0.1) is 5.41 Å². The van der Waals surface area contributed by atoms with E-state index in [0.717, 1.165) is 11.1 Å². The van der Waals surface area contributed by atoms with Gasteiger partial charge in [-0.05, 0) is 11.1 Å². The Morgan fingerprint density at radius 3 is 1.89 bits per heavy atom. The highest BCUT2D eigenvalue weighted by molar-refractivity contribution is 5.95. The molecule has 5 N–H and O–H groups in total. The summed E-state index contributed by atoms with van der Waals surface area (Å²) in [7, 11) is 0. The van der Waals surface area contributed by atoms with Crippen LogP contribution in [0.25, 0.3) is 0 Å². The molecule has 28 heavy (non-hydrogen) atoms. The average molecular weight is 382 g/mol. The van der Waals surface area contributed by atoms with E-state index in [1.165, 1.54) is 0 Å². The van der Waals surface area contributed by atoms with Gasteiger partial charge in [-0.1, -0.05) is 54.6 Å². The molecule has 1 saturated heterocycles. The van der Waals surface area contributed by atoms with Gasteiger partial charge in [-0.3, -0.25) is 15.0 Å². The van der Waals surface area contributed by atoms with Gasteiger partial charge in [0.05, 0.1) is 0 Å². The molecule has 8 nitrogen and oxygen atoms in total. The summed E-state index contributed by atoms with van der Waals surface area (Å²) in [6, 6.07) is 16.4. The Kier molecular flexibility index (Phi) is 6.36. The molecule has 1 aliphatic heterocycles. The van der Waals surface area contributed by atoms with Gasteiger partial charge >= 0.3 is 0 Å². The summed E-state index contributed by atoms with van der Waals surface area (Å²) in [4.78, 5) is 24.8. The number of amides is 2. The van der Waals surface area contributed by atoms with Crippen molar-refractivity contribution in [3.8, 4) is 0 Å². The number of rotatable bonds is 7. The van der Waals surface area contributed by atoms with Crippen molar-refractivity contribution >= 4 is 17.6 Å². The SMILES string of the molecule is N=C(N)c1ccc(CNC(=O)C2OCOC2C(=O)NCc2ccccc2)cc1. The first-order valence-electron chi connectivity index (χ1n) is 8.80. The predicted molar refractivity (Wildman–Crippen MR) is 102 cm³/mol. The summed E-state index contributed by atoms with van der Waals surface area (Å²) in [6.45, 7) is 0.487. The van der Waals surface area contributed by atoms with Crippen LogP contribution in [-0.2, 0) is 32.2 Å². The number of carbonyl (C=O) groups is 2. The minimum absolute atomic E-state index is 0.0172. The number of hydrogen-bond acceptors (Lipinski definition) is 5. The summed E-state index contributed by atoms with van der Waals surface area (Å²) in [5, 5.41) is 12.9. The maximum atomic E-state index is 12.4. The van der Waals surface area contributed by atoms with Gasteiger partial charge in [0.2, 0.25) is 0 Å². The molecule has 146 valence electrons. The van der Waals surface area contributed by atoms with Crippen LogP contribution in [0.15, 0.2) is 54.6 Å². The molecule has 1 heterocycles. The summed E-state index contributed by atoms with van der Waals surface area (Å²) in [6.07, 6.45) is -2.00. The van der Waals surface area contributed by atoms with E-state index in [9.17, 15) is 9.59 Å². The second kappa shape index (κ2) is 9.12. The summed E-state index contributed by atoms with van der Waals surface area (Å²) >= 11 is 0. The molecule has 3 rings (SSSR count). The smallest absolute Gasteiger partial charge is 0.252 e. The minimum Gasteiger partial charge on any atom is -0.384 e. The normalized spacial score (nSPS) is 18.4. The number of nitrogens with two attached hydrogens (primary N) is 1. The molecule has 0 aromatic heterocycles. The van der Waals surface area contributed by atoms with Crippen molar-refractivity contribution in [1.29, 1.82) is 5.41 Å². The number of nitrogen functional groups attached to an aromatic ring is 1. The number of carbonyl (C=O) groups excluding carboxylic acids is 2. The summed E-state index contributed by atoms with van der Waals surface area (Å²) in [5.74, 6) is -0.836. The standard InChI is InChI=1S/C20H22N4O4/c21-18(22)15-8-6-14(7-9-15)11-24-20(26)17-16(27-12-28-17)19(25)23-10-13-4-2-1-3-5-13/h1-9,16-17H,10-12H2,(H3,21,22)(H,23,25)(H,24,26). The molecule has 0 spiro atoms. The van der Waals surface area contributed by atoms with Crippen LogP contribution in [0.4, 0.5) is 0 Å². The Bertz CT molecular complexity index is 839. The maximum absolute atomic E-state index is 12.4. The van der Waals surface area contributed by atoms with Gasteiger partial charge in [0, 0.05) is 18.7 Å². The fourth-order valence-electron chi connectivity index (χ4n) is 2.76. The van der Waals surface area contributed by atoms with Gasteiger partial charge in [-0.2, -0.15) is 0 Å². The van der Waals surface area contributed by atoms with Crippen LogP contribution in [0.5, 0.6) is 0 Å². The van der Waals surface area contributed by atoms with Gasteiger partial charge in [0.1, 0.15) is 12.6 Å². The number of nitrogens with one attached hydrogen (secondary N) is 3. The summed E-state index contributed by atoms with van der Waals surface area (Å²) in [5.41, 5.74) is 7.81. The Hall–Kier alpha value is -3.23. The third kappa shape index (κ3) is 4.93. The molecular weight excluding hydrogens is 360 g/mol. The van der Waals surface area contributed by atoms with Crippen LogP contribution in [0.2, 0.25) is 0 Å². The van der Waals surface area contributed by atoms with Crippen molar-refractivity contribution in [2.45, 2.75) is 25.3 Å². The first-order chi connectivity index (χ1) is 13.5. The molecule has 1 fully saturated rings. The quantitative estimate of drug-likeness (QED) is 0.413. The van der Waals surface area contributed by atoms with Gasteiger partial charge < -0.3 is 25.8 Å². The molecule has 0 saturated carbocycles. The number of ether oxygens (including phenoxy) is 2. The third-order valence-corrected chi connectivity index (χ3v) is 4.33. The van der Waals surface area contributed by atoms with Crippen molar-refractivity contribution in [3.63, 3.8) is 0 Å². The van der Waals surface area contributed by atoms with E-state index < -0.39 is 24.0 Å². The van der Waals surface area contributed by atoms with Gasteiger partial charge in [0.15, 0.2) is 12.2 Å². The largest absolute Gasteiger partial charge is 0.384 e. The summed E-state index contributed by atoms with van der Waals surface area (Å²) < 4.78 is 10.6. The average Bonchev–Trinajstić information content (AvgIpc) is 3.21. The van der Waals surface area contributed by atoms with Crippen molar-refractivity contribution in [1.82, 2.24) is 10.6 Å². The Morgan fingerprint density at radius 2 is 1.39 bits per heavy atom. The van der Waals surface area contributed by atoms with E-state index in [1.54, 1.807) is 24.3 Å². The highest BCUT2D eigenvalue weighted by atomic mass is 16.7. The molecule has 0 radical (unpaired) electrons. The molecule has 2 atom stereocenters. The highest BCUT2D eigenvalue weighted by Crippen LogP contribution is 2.14. The van der Waals surface area contributed by atoms with E-state index in [1.807, 2.05) is 30.3 Å². The number of amidine groups is 1. The predicted octanol–water partition coefficient (Wildman–Crippen LogP) is 0.645. The Balaban J connectivity index is 1.52. The van der Waals surface area contributed by atoms with E-state index >= 15 is 0 Å². The maximum Gasteiger partial charge on any atom is 0.252 e.